The Labute approximate surface area is 232 Å². The lowest BCUT2D eigenvalue weighted by molar-refractivity contribution is -0.115. The van der Waals surface area contributed by atoms with Crippen LogP contribution in [-0.2, 0) is 4.79 Å². The first kappa shape index (κ1) is 30.9. The van der Waals surface area contributed by atoms with Crippen LogP contribution < -0.4 is 21.7 Å². The second-order valence-electron chi connectivity index (χ2n) is 9.10. The summed E-state index contributed by atoms with van der Waals surface area (Å²) in [6.45, 7) is 10.6. The molecular formula is C30H41N5O2S. The Morgan fingerprint density at radius 3 is 2.45 bits per heavy atom. The molecule has 2 rings (SSSR count). The van der Waals surface area contributed by atoms with E-state index in [2.05, 4.69) is 53.0 Å². The number of benzene rings is 2. The van der Waals surface area contributed by atoms with Gasteiger partial charge in [0, 0.05) is 60.1 Å². The van der Waals surface area contributed by atoms with Crippen LogP contribution in [0.5, 0.6) is 0 Å². The van der Waals surface area contributed by atoms with Crippen molar-refractivity contribution in [3.05, 3.63) is 89.7 Å². The molecule has 0 bridgehead atoms. The zero-order chi connectivity index (χ0) is 27.9. The first-order chi connectivity index (χ1) is 18.3. The summed E-state index contributed by atoms with van der Waals surface area (Å²) >= 11 is 4.47. The number of rotatable bonds is 15. The molecule has 2 aromatic carbocycles. The van der Waals surface area contributed by atoms with Crippen molar-refractivity contribution >= 4 is 35.8 Å². The van der Waals surface area contributed by atoms with Crippen molar-refractivity contribution in [2.45, 2.75) is 38.0 Å². The van der Waals surface area contributed by atoms with Gasteiger partial charge in [0.05, 0.1) is 0 Å². The smallest absolute Gasteiger partial charge is 0.251 e. The van der Waals surface area contributed by atoms with E-state index < -0.39 is 0 Å². The largest absolute Gasteiger partial charge is 0.359 e. The molecule has 0 unspecified atom stereocenters. The lowest BCUT2D eigenvalue weighted by Gasteiger charge is -2.16. The van der Waals surface area contributed by atoms with Gasteiger partial charge in [0.25, 0.3) is 5.91 Å². The summed E-state index contributed by atoms with van der Waals surface area (Å²) in [4.78, 5) is 28.0. The molecule has 0 saturated carbocycles. The standard InChI is InChI=1S/C30H41N5O2S/c1-5-7-25(33-27(8-6-2)24-11-15-28(38)22(3)21-24)14-16-29(36)34-26-12-9-23(10-13-26)30(37)32-18-20-35(4)19-17-31/h6,8-15,21,33,38H,2,5,7,16-20,31H2,1,3-4H3,(H,32,37)(H,34,36)/b25-14-,27-8-. The van der Waals surface area contributed by atoms with Gasteiger partial charge in [-0.3, -0.25) is 9.59 Å². The molecule has 0 aromatic heterocycles. The monoisotopic (exact) mass is 535 g/mol. The Hall–Kier alpha value is -3.33. The molecule has 7 nitrogen and oxygen atoms in total. The summed E-state index contributed by atoms with van der Waals surface area (Å²) < 4.78 is 0. The van der Waals surface area contributed by atoms with E-state index in [1.54, 1.807) is 30.3 Å². The highest BCUT2D eigenvalue weighted by atomic mass is 32.1. The van der Waals surface area contributed by atoms with Crippen LogP contribution in [0.1, 0.15) is 47.7 Å². The predicted octanol–water partition coefficient (Wildman–Crippen LogP) is 4.73. The number of nitrogens with one attached hydrogen (secondary N) is 3. The van der Waals surface area contributed by atoms with Gasteiger partial charge in [0.15, 0.2) is 0 Å². The Morgan fingerprint density at radius 1 is 1.11 bits per heavy atom. The average Bonchev–Trinajstić information content (AvgIpc) is 2.89. The van der Waals surface area contributed by atoms with Crippen molar-refractivity contribution < 1.29 is 9.59 Å². The number of likely N-dealkylation sites (N-methyl/N-ethyl adjacent to an activating group) is 1. The molecule has 2 amide bonds. The summed E-state index contributed by atoms with van der Waals surface area (Å²) in [5.41, 5.74) is 10.7. The van der Waals surface area contributed by atoms with E-state index in [4.69, 9.17) is 5.73 Å². The lowest BCUT2D eigenvalue weighted by Crippen LogP contribution is -2.35. The number of carbonyl (C=O) groups is 2. The number of hydrogen-bond donors (Lipinski definition) is 5. The predicted molar refractivity (Wildman–Crippen MR) is 161 cm³/mol. The first-order valence-electron chi connectivity index (χ1n) is 12.9. The number of aryl methyl sites for hydroxylation is 1. The van der Waals surface area contributed by atoms with E-state index in [0.29, 0.717) is 24.3 Å². The Balaban J connectivity index is 1.96. The maximum atomic E-state index is 12.6. The molecule has 0 aliphatic rings. The topological polar surface area (TPSA) is 99.5 Å². The van der Waals surface area contributed by atoms with E-state index in [1.165, 1.54) is 0 Å². The zero-order valence-electron chi connectivity index (χ0n) is 22.7. The molecule has 38 heavy (non-hydrogen) atoms. The van der Waals surface area contributed by atoms with Gasteiger partial charge in [0.1, 0.15) is 0 Å². The van der Waals surface area contributed by atoms with Crippen LogP contribution in [0, 0.1) is 6.92 Å². The molecule has 0 fully saturated rings. The second-order valence-corrected chi connectivity index (χ2v) is 9.58. The minimum absolute atomic E-state index is 0.134. The molecule has 5 N–H and O–H groups in total. The van der Waals surface area contributed by atoms with Crippen LogP contribution in [-0.4, -0.2) is 49.9 Å². The van der Waals surface area contributed by atoms with E-state index in [-0.39, 0.29) is 18.2 Å². The van der Waals surface area contributed by atoms with Crippen molar-refractivity contribution in [1.29, 1.82) is 0 Å². The number of allylic oxidation sites excluding steroid dienone is 3. The maximum absolute atomic E-state index is 12.6. The van der Waals surface area contributed by atoms with Gasteiger partial charge in [0.2, 0.25) is 5.91 Å². The van der Waals surface area contributed by atoms with Gasteiger partial charge < -0.3 is 26.6 Å². The SMILES string of the molecule is C=C/C=C(\N/C(=C\CC(=O)Nc1ccc(C(=O)NCCN(C)CCN)cc1)CCC)c1ccc(S)c(C)c1. The molecule has 0 atom stereocenters. The van der Waals surface area contributed by atoms with E-state index >= 15 is 0 Å². The second kappa shape index (κ2) is 16.5. The number of carbonyl (C=O) groups excluding carboxylic acids is 2. The van der Waals surface area contributed by atoms with Crippen LogP contribution in [0.25, 0.3) is 5.70 Å². The number of nitrogens with zero attached hydrogens (tertiary/aromatic N) is 1. The van der Waals surface area contributed by atoms with E-state index in [1.807, 2.05) is 38.3 Å². The Bertz CT molecular complexity index is 1140. The van der Waals surface area contributed by atoms with Crippen LogP contribution in [0.4, 0.5) is 5.69 Å². The van der Waals surface area contributed by atoms with Crippen molar-refractivity contribution in [1.82, 2.24) is 15.5 Å². The fourth-order valence-corrected chi connectivity index (χ4v) is 3.88. The van der Waals surface area contributed by atoms with Crippen molar-refractivity contribution in [3.63, 3.8) is 0 Å². The molecule has 0 aliphatic carbocycles. The average molecular weight is 536 g/mol. The van der Waals surface area contributed by atoms with Gasteiger partial charge in [-0.1, -0.05) is 38.1 Å². The normalized spacial score (nSPS) is 11.8. The van der Waals surface area contributed by atoms with Crippen LogP contribution >= 0.6 is 12.6 Å². The summed E-state index contributed by atoms with van der Waals surface area (Å²) in [5, 5.41) is 9.28. The third-order valence-electron chi connectivity index (χ3n) is 5.86. The maximum Gasteiger partial charge on any atom is 0.251 e. The number of nitrogens with two attached hydrogens (primary N) is 1. The number of thiol groups is 1. The van der Waals surface area contributed by atoms with Gasteiger partial charge in [-0.25, -0.2) is 0 Å². The van der Waals surface area contributed by atoms with E-state index in [9.17, 15) is 9.59 Å². The van der Waals surface area contributed by atoms with Gasteiger partial charge in [-0.15, -0.1) is 12.6 Å². The van der Waals surface area contributed by atoms with Crippen molar-refractivity contribution in [2.24, 2.45) is 5.73 Å². The minimum Gasteiger partial charge on any atom is -0.359 e. The molecule has 2 aromatic rings. The third kappa shape index (κ3) is 10.6. The fourth-order valence-electron chi connectivity index (χ4n) is 3.74. The van der Waals surface area contributed by atoms with Gasteiger partial charge >= 0.3 is 0 Å². The summed E-state index contributed by atoms with van der Waals surface area (Å²) in [5.74, 6) is -0.283. The molecule has 0 radical (unpaired) electrons. The van der Waals surface area contributed by atoms with Gasteiger partial charge in [-0.2, -0.15) is 0 Å². The Kier molecular flexibility index (Phi) is 13.4. The number of anilines is 1. The highest BCUT2D eigenvalue weighted by Crippen LogP contribution is 2.21. The van der Waals surface area contributed by atoms with Crippen LogP contribution in [0.2, 0.25) is 0 Å². The highest BCUT2D eigenvalue weighted by Gasteiger charge is 2.09. The third-order valence-corrected chi connectivity index (χ3v) is 6.36. The number of amides is 2. The molecule has 0 spiro atoms. The molecule has 8 heteroatoms. The molecule has 0 aliphatic heterocycles. The Morgan fingerprint density at radius 2 is 1.82 bits per heavy atom. The summed E-state index contributed by atoms with van der Waals surface area (Å²) in [6.07, 6.45) is 7.54. The lowest BCUT2D eigenvalue weighted by atomic mass is 10.1. The minimum atomic E-state index is -0.148. The van der Waals surface area contributed by atoms with Crippen LogP contribution in [0.15, 0.2) is 77.9 Å². The van der Waals surface area contributed by atoms with Crippen molar-refractivity contribution in [3.8, 4) is 0 Å². The quantitative estimate of drug-likeness (QED) is 0.168. The van der Waals surface area contributed by atoms with Gasteiger partial charge in [-0.05, 0) is 74.0 Å². The van der Waals surface area contributed by atoms with Crippen LogP contribution in [0.3, 0.4) is 0 Å². The molecule has 0 heterocycles. The zero-order valence-corrected chi connectivity index (χ0v) is 23.6. The number of hydrogen-bond acceptors (Lipinski definition) is 6. The summed E-state index contributed by atoms with van der Waals surface area (Å²) in [6, 6.07) is 12.9. The fraction of sp³-hybridized carbons (Fsp3) is 0.333. The van der Waals surface area contributed by atoms with E-state index in [0.717, 1.165) is 53.3 Å². The highest BCUT2D eigenvalue weighted by molar-refractivity contribution is 7.80. The summed E-state index contributed by atoms with van der Waals surface area (Å²) in [7, 11) is 1.96. The molecular weight excluding hydrogens is 494 g/mol. The molecule has 204 valence electrons. The van der Waals surface area contributed by atoms with Crippen molar-refractivity contribution in [2.75, 3.05) is 38.5 Å². The molecule has 0 saturated heterocycles. The first-order valence-corrected chi connectivity index (χ1v) is 13.4.